The first-order valence-corrected chi connectivity index (χ1v) is 7.93. The Hall–Kier alpha value is -1.65. The third kappa shape index (κ3) is 3.93. The highest BCUT2D eigenvalue weighted by atomic mass is 32.1. The summed E-state index contributed by atoms with van der Waals surface area (Å²) in [6.07, 6.45) is 1.94. The van der Waals surface area contributed by atoms with E-state index in [1.54, 1.807) is 6.07 Å². The van der Waals surface area contributed by atoms with Crippen molar-refractivity contribution in [3.8, 4) is 11.1 Å². The second-order valence-electron chi connectivity index (χ2n) is 5.44. The number of hydrogen-bond acceptors (Lipinski definition) is 3. The number of carboxylic acids is 1. The van der Waals surface area contributed by atoms with Gasteiger partial charge in [0.1, 0.15) is 4.88 Å². The summed E-state index contributed by atoms with van der Waals surface area (Å²) >= 11 is 1.39. The van der Waals surface area contributed by atoms with Gasteiger partial charge in [0.25, 0.3) is 0 Å². The van der Waals surface area contributed by atoms with Crippen LogP contribution in [0.3, 0.4) is 0 Å². The minimum Gasteiger partial charge on any atom is -0.477 e. The van der Waals surface area contributed by atoms with E-state index < -0.39 is 5.97 Å². The quantitative estimate of drug-likeness (QED) is 0.872. The molecule has 2 rings (SSSR count). The van der Waals surface area contributed by atoms with Gasteiger partial charge in [-0.3, -0.25) is 0 Å². The van der Waals surface area contributed by atoms with Gasteiger partial charge in [-0.05, 0) is 43.3 Å². The molecule has 0 unspecified atom stereocenters. The molecule has 4 heteroatoms. The summed E-state index contributed by atoms with van der Waals surface area (Å²) in [6, 6.07) is 10.2. The maximum Gasteiger partial charge on any atom is 0.345 e. The number of carboxylic acid groups (broad SMARTS) is 1. The summed E-state index contributed by atoms with van der Waals surface area (Å²) in [5.41, 5.74) is 3.43. The van der Waals surface area contributed by atoms with Crippen LogP contribution in [0.2, 0.25) is 0 Å². The molecule has 0 spiro atoms. The number of nitrogens with zero attached hydrogens (tertiary/aromatic N) is 1. The highest BCUT2D eigenvalue weighted by Gasteiger charge is 2.14. The molecule has 1 heterocycles. The van der Waals surface area contributed by atoms with E-state index in [1.807, 2.05) is 14.1 Å². The van der Waals surface area contributed by atoms with Gasteiger partial charge in [-0.1, -0.05) is 37.6 Å². The van der Waals surface area contributed by atoms with E-state index >= 15 is 0 Å². The van der Waals surface area contributed by atoms with Crippen LogP contribution >= 0.6 is 11.3 Å². The molecule has 112 valence electrons. The average Bonchev–Trinajstić information content (AvgIpc) is 2.84. The second kappa shape index (κ2) is 6.87. The maximum atomic E-state index is 11.2. The van der Waals surface area contributed by atoms with Crippen molar-refractivity contribution in [3.63, 3.8) is 0 Å². The Balaban J connectivity index is 2.33. The van der Waals surface area contributed by atoms with E-state index in [-0.39, 0.29) is 0 Å². The zero-order valence-electron chi connectivity index (χ0n) is 12.7. The van der Waals surface area contributed by atoms with Gasteiger partial charge in [-0.15, -0.1) is 11.3 Å². The molecule has 2 aromatic rings. The molecule has 0 bridgehead atoms. The molecule has 0 atom stereocenters. The van der Waals surface area contributed by atoms with Crippen LogP contribution in [0, 0.1) is 0 Å². The van der Waals surface area contributed by atoms with Crippen molar-refractivity contribution < 1.29 is 9.90 Å². The van der Waals surface area contributed by atoms with Crippen LogP contribution in [0.4, 0.5) is 0 Å². The molecule has 0 saturated carbocycles. The Kier molecular flexibility index (Phi) is 5.15. The third-order valence-corrected chi connectivity index (χ3v) is 4.44. The SMILES string of the molecule is CCCc1sc(C(=O)O)cc1-c1ccc(CN(C)C)cc1. The zero-order valence-corrected chi connectivity index (χ0v) is 13.5. The smallest absolute Gasteiger partial charge is 0.345 e. The van der Waals surface area contributed by atoms with Crippen LogP contribution in [0.5, 0.6) is 0 Å². The molecule has 1 aromatic carbocycles. The minimum absolute atomic E-state index is 0.422. The molecule has 1 aromatic heterocycles. The van der Waals surface area contributed by atoms with Gasteiger partial charge in [0.15, 0.2) is 0 Å². The molecule has 0 aliphatic heterocycles. The highest BCUT2D eigenvalue weighted by molar-refractivity contribution is 7.14. The van der Waals surface area contributed by atoms with Gasteiger partial charge in [0, 0.05) is 11.4 Å². The van der Waals surface area contributed by atoms with Crippen LogP contribution in [0.1, 0.15) is 33.5 Å². The molecular weight excluding hydrogens is 282 g/mol. The number of carbonyl (C=O) groups is 1. The van der Waals surface area contributed by atoms with Gasteiger partial charge in [0.05, 0.1) is 0 Å². The number of aryl methyl sites for hydroxylation is 1. The van der Waals surface area contributed by atoms with Crippen molar-refractivity contribution in [2.75, 3.05) is 14.1 Å². The van der Waals surface area contributed by atoms with E-state index in [0.29, 0.717) is 4.88 Å². The predicted molar refractivity (Wildman–Crippen MR) is 88.1 cm³/mol. The van der Waals surface area contributed by atoms with Crippen molar-refractivity contribution in [1.82, 2.24) is 4.90 Å². The van der Waals surface area contributed by atoms with Crippen molar-refractivity contribution in [1.29, 1.82) is 0 Å². The van der Waals surface area contributed by atoms with E-state index in [9.17, 15) is 9.90 Å². The number of thiophene rings is 1. The van der Waals surface area contributed by atoms with Gasteiger partial charge >= 0.3 is 5.97 Å². The fourth-order valence-electron chi connectivity index (χ4n) is 2.35. The Morgan fingerprint density at radius 2 is 1.90 bits per heavy atom. The van der Waals surface area contributed by atoms with E-state index in [1.165, 1.54) is 16.9 Å². The minimum atomic E-state index is -0.840. The van der Waals surface area contributed by atoms with Crippen molar-refractivity contribution >= 4 is 17.3 Å². The largest absolute Gasteiger partial charge is 0.477 e. The van der Waals surface area contributed by atoms with Gasteiger partial charge in [0.2, 0.25) is 0 Å². The molecule has 1 N–H and O–H groups in total. The summed E-state index contributed by atoms with van der Waals surface area (Å²) in [5.74, 6) is -0.840. The van der Waals surface area contributed by atoms with Gasteiger partial charge < -0.3 is 10.0 Å². The number of hydrogen-bond donors (Lipinski definition) is 1. The number of benzene rings is 1. The normalized spacial score (nSPS) is 11.0. The maximum absolute atomic E-state index is 11.2. The topological polar surface area (TPSA) is 40.5 Å². The first-order valence-electron chi connectivity index (χ1n) is 7.11. The summed E-state index contributed by atoms with van der Waals surface area (Å²) in [6.45, 7) is 3.02. The first kappa shape index (κ1) is 15.7. The van der Waals surface area contributed by atoms with Crippen LogP contribution in [-0.2, 0) is 13.0 Å². The van der Waals surface area contributed by atoms with Crippen molar-refractivity contribution in [2.24, 2.45) is 0 Å². The van der Waals surface area contributed by atoms with E-state index in [4.69, 9.17) is 0 Å². The Morgan fingerprint density at radius 3 is 2.43 bits per heavy atom. The van der Waals surface area contributed by atoms with E-state index in [2.05, 4.69) is 36.1 Å². The standard InChI is InChI=1S/C17H21NO2S/c1-4-5-15-14(10-16(21-15)17(19)20)13-8-6-12(7-9-13)11-18(2)3/h6-10H,4-5,11H2,1-3H3,(H,19,20). The molecule has 21 heavy (non-hydrogen) atoms. The molecule has 0 saturated heterocycles. The lowest BCUT2D eigenvalue weighted by molar-refractivity contribution is 0.0702. The first-order chi connectivity index (χ1) is 10.0. The fourth-order valence-corrected chi connectivity index (χ4v) is 3.47. The monoisotopic (exact) mass is 303 g/mol. The van der Waals surface area contributed by atoms with E-state index in [0.717, 1.165) is 35.4 Å². The highest BCUT2D eigenvalue weighted by Crippen LogP contribution is 2.33. The van der Waals surface area contributed by atoms with Crippen LogP contribution in [0.25, 0.3) is 11.1 Å². The molecule has 0 amide bonds. The number of rotatable bonds is 6. The summed E-state index contributed by atoms with van der Waals surface area (Å²) in [4.78, 5) is 14.9. The molecule has 0 fully saturated rings. The van der Waals surface area contributed by atoms with Gasteiger partial charge in [-0.2, -0.15) is 0 Å². The number of aromatic carboxylic acids is 1. The lowest BCUT2D eigenvalue weighted by atomic mass is 10.0. The molecule has 0 radical (unpaired) electrons. The second-order valence-corrected chi connectivity index (χ2v) is 6.57. The molecule has 0 aliphatic rings. The lowest BCUT2D eigenvalue weighted by Crippen LogP contribution is -2.10. The van der Waals surface area contributed by atoms with Crippen molar-refractivity contribution in [2.45, 2.75) is 26.3 Å². The van der Waals surface area contributed by atoms with Crippen LogP contribution in [-0.4, -0.2) is 30.1 Å². The average molecular weight is 303 g/mol. The Morgan fingerprint density at radius 1 is 1.24 bits per heavy atom. The van der Waals surface area contributed by atoms with Gasteiger partial charge in [-0.25, -0.2) is 4.79 Å². The van der Waals surface area contributed by atoms with Crippen molar-refractivity contribution in [3.05, 3.63) is 45.6 Å². The third-order valence-electron chi connectivity index (χ3n) is 3.26. The predicted octanol–water partition coefficient (Wildman–Crippen LogP) is 4.13. The Bertz CT molecular complexity index is 614. The fraction of sp³-hybridized carbons (Fsp3) is 0.353. The molecular formula is C17H21NO2S. The molecule has 3 nitrogen and oxygen atoms in total. The summed E-state index contributed by atoms with van der Waals surface area (Å²) in [7, 11) is 4.09. The zero-order chi connectivity index (χ0) is 15.4. The Labute approximate surface area is 129 Å². The lowest BCUT2D eigenvalue weighted by Gasteiger charge is -2.10. The summed E-state index contributed by atoms with van der Waals surface area (Å²) < 4.78 is 0. The van der Waals surface area contributed by atoms with Crippen LogP contribution < -0.4 is 0 Å². The molecule has 0 aliphatic carbocycles. The summed E-state index contributed by atoms with van der Waals surface area (Å²) in [5, 5.41) is 9.19. The van der Waals surface area contributed by atoms with Crippen LogP contribution in [0.15, 0.2) is 30.3 Å².